The highest BCUT2D eigenvalue weighted by molar-refractivity contribution is 4.62. The van der Waals surface area contributed by atoms with Crippen molar-refractivity contribution in [1.82, 2.24) is 4.90 Å². The molecule has 0 aromatic rings. The third-order valence-corrected chi connectivity index (χ3v) is 1.88. The lowest BCUT2D eigenvalue weighted by atomic mass is 10.1. The quantitative estimate of drug-likeness (QED) is 0.636. The van der Waals surface area contributed by atoms with Gasteiger partial charge >= 0.3 is 0 Å². The van der Waals surface area contributed by atoms with E-state index in [1.807, 2.05) is 0 Å². The molecule has 0 bridgehead atoms. The van der Waals surface area contributed by atoms with Crippen molar-refractivity contribution in [1.29, 1.82) is 0 Å². The molecule has 2 heteroatoms. The molecule has 62 valence electrons. The van der Waals surface area contributed by atoms with Crippen LogP contribution in [0.25, 0.3) is 0 Å². The summed E-state index contributed by atoms with van der Waals surface area (Å²) in [5.41, 5.74) is 5.49. The van der Waals surface area contributed by atoms with Crippen LogP contribution in [0.2, 0.25) is 0 Å². The molecule has 0 unspecified atom stereocenters. The van der Waals surface area contributed by atoms with Gasteiger partial charge in [-0.05, 0) is 33.4 Å². The second-order valence-corrected chi connectivity index (χ2v) is 3.37. The molecule has 0 aromatic heterocycles. The second kappa shape index (κ2) is 4.69. The first-order valence-electron chi connectivity index (χ1n) is 3.98. The third-order valence-electron chi connectivity index (χ3n) is 1.88. The summed E-state index contributed by atoms with van der Waals surface area (Å²) in [5.74, 6) is 0.618. The molecule has 0 fully saturated rings. The molecule has 0 spiro atoms. The van der Waals surface area contributed by atoms with Crippen LogP contribution in [0.5, 0.6) is 0 Å². The van der Waals surface area contributed by atoms with Gasteiger partial charge in [-0.25, -0.2) is 0 Å². The number of rotatable bonds is 4. The Morgan fingerprint density at radius 2 is 1.80 bits per heavy atom. The van der Waals surface area contributed by atoms with Gasteiger partial charge in [0, 0.05) is 12.6 Å². The fourth-order valence-corrected chi connectivity index (χ4v) is 0.777. The normalized spacial score (nSPS) is 14.7. The fourth-order valence-electron chi connectivity index (χ4n) is 0.777. The average molecular weight is 144 g/mol. The summed E-state index contributed by atoms with van der Waals surface area (Å²) in [6.45, 7) is 8.47. The minimum atomic E-state index is 0.618. The lowest BCUT2D eigenvalue weighted by Gasteiger charge is -2.23. The smallest absolute Gasteiger partial charge is 0.00356 e. The van der Waals surface area contributed by atoms with Crippen molar-refractivity contribution >= 4 is 0 Å². The van der Waals surface area contributed by atoms with Crippen molar-refractivity contribution in [3.05, 3.63) is 0 Å². The predicted octanol–water partition coefficient (Wildman–Crippen LogP) is 0.921. The van der Waals surface area contributed by atoms with E-state index in [0.717, 1.165) is 13.1 Å². The van der Waals surface area contributed by atoms with Gasteiger partial charge in [-0.2, -0.15) is 0 Å². The molecule has 2 N–H and O–H groups in total. The molecule has 10 heavy (non-hydrogen) atoms. The van der Waals surface area contributed by atoms with Crippen LogP contribution in [0, 0.1) is 5.92 Å². The standard InChI is InChI=1S/C8H20N2/c1-7(2)10(4)6-8(3)5-9/h7-8H,5-6,9H2,1-4H3/t8-/m0/s1. The predicted molar refractivity (Wildman–Crippen MR) is 46.0 cm³/mol. The van der Waals surface area contributed by atoms with E-state index in [1.165, 1.54) is 0 Å². The van der Waals surface area contributed by atoms with Gasteiger partial charge in [0.15, 0.2) is 0 Å². The Labute approximate surface area is 64.4 Å². The summed E-state index contributed by atoms with van der Waals surface area (Å²) in [5, 5.41) is 0. The summed E-state index contributed by atoms with van der Waals surface area (Å²) in [7, 11) is 2.14. The molecule has 0 aliphatic heterocycles. The van der Waals surface area contributed by atoms with E-state index >= 15 is 0 Å². The van der Waals surface area contributed by atoms with Gasteiger partial charge in [0.05, 0.1) is 0 Å². The van der Waals surface area contributed by atoms with Crippen LogP contribution in [0.15, 0.2) is 0 Å². The van der Waals surface area contributed by atoms with Crippen molar-refractivity contribution in [2.75, 3.05) is 20.1 Å². The van der Waals surface area contributed by atoms with Crippen LogP contribution in [-0.2, 0) is 0 Å². The summed E-state index contributed by atoms with van der Waals surface area (Å²) in [6, 6.07) is 0.633. The molecule has 1 atom stereocenters. The molecular weight excluding hydrogens is 124 g/mol. The number of hydrogen-bond donors (Lipinski definition) is 1. The summed E-state index contributed by atoms with van der Waals surface area (Å²) in [4.78, 5) is 2.32. The van der Waals surface area contributed by atoms with E-state index in [9.17, 15) is 0 Å². The van der Waals surface area contributed by atoms with E-state index in [2.05, 4.69) is 32.7 Å². The van der Waals surface area contributed by atoms with Gasteiger partial charge in [0.25, 0.3) is 0 Å². The molecule has 0 amide bonds. The van der Waals surface area contributed by atoms with Crippen molar-refractivity contribution in [2.45, 2.75) is 26.8 Å². The van der Waals surface area contributed by atoms with Gasteiger partial charge in [0.2, 0.25) is 0 Å². The van der Waals surface area contributed by atoms with E-state index < -0.39 is 0 Å². The average Bonchev–Trinajstić information content (AvgIpc) is 1.87. The van der Waals surface area contributed by atoms with Crippen LogP contribution in [0.3, 0.4) is 0 Å². The first-order chi connectivity index (χ1) is 4.57. The zero-order chi connectivity index (χ0) is 8.15. The van der Waals surface area contributed by atoms with E-state index in [0.29, 0.717) is 12.0 Å². The molecule has 0 aliphatic rings. The Bertz CT molecular complexity index is 81.3. The zero-order valence-electron chi connectivity index (χ0n) is 7.59. The first-order valence-corrected chi connectivity index (χ1v) is 3.98. The molecule has 0 aromatic carbocycles. The maximum atomic E-state index is 5.49. The molecule has 2 nitrogen and oxygen atoms in total. The van der Waals surface area contributed by atoms with Crippen LogP contribution < -0.4 is 5.73 Å². The van der Waals surface area contributed by atoms with Crippen LogP contribution in [-0.4, -0.2) is 31.1 Å². The summed E-state index contributed by atoms with van der Waals surface area (Å²) in [6.07, 6.45) is 0. The Kier molecular flexibility index (Phi) is 4.65. The van der Waals surface area contributed by atoms with Crippen LogP contribution >= 0.6 is 0 Å². The zero-order valence-corrected chi connectivity index (χ0v) is 7.59. The second-order valence-electron chi connectivity index (χ2n) is 3.37. The van der Waals surface area contributed by atoms with Gasteiger partial charge in [-0.15, -0.1) is 0 Å². The maximum absolute atomic E-state index is 5.49. The third kappa shape index (κ3) is 3.85. The highest BCUT2D eigenvalue weighted by Crippen LogP contribution is 1.99. The molecule has 0 radical (unpaired) electrons. The first kappa shape index (κ1) is 9.92. The number of nitrogens with two attached hydrogens (primary N) is 1. The fraction of sp³-hybridized carbons (Fsp3) is 1.00. The number of nitrogens with zero attached hydrogens (tertiary/aromatic N) is 1. The van der Waals surface area contributed by atoms with Crippen molar-refractivity contribution < 1.29 is 0 Å². The molecule has 0 saturated heterocycles. The molecule has 0 heterocycles. The summed E-state index contributed by atoms with van der Waals surface area (Å²) >= 11 is 0. The van der Waals surface area contributed by atoms with Crippen LogP contribution in [0.1, 0.15) is 20.8 Å². The molecule has 0 aliphatic carbocycles. The monoisotopic (exact) mass is 144 g/mol. The van der Waals surface area contributed by atoms with E-state index in [4.69, 9.17) is 5.73 Å². The van der Waals surface area contributed by atoms with Gasteiger partial charge in [-0.3, -0.25) is 0 Å². The van der Waals surface area contributed by atoms with Crippen LogP contribution in [0.4, 0.5) is 0 Å². The minimum Gasteiger partial charge on any atom is -0.330 e. The molecular formula is C8H20N2. The number of hydrogen-bond acceptors (Lipinski definition) is 2. The van der Waals surface area contributed by atoms with Crippen molar-refractivity contribution in [3.8, 4) is 0 Å². The summed E-state index contributed by atoms with van der Waals surface area (Å²) < 4.78 is 0. The Morgan fingerprint density at radius 3 is 2.10 bits per heavy atom. The van der Waals surface area contributed by atoms with Crippen molar-refractivity contribution in [3.63, 3.8) is 0 Å². The van der Waals surface area contributed by atoms with Gasteiger partial charge < -0.3 is 10.6 Å². The highest BCUT2D eigenvalue weighted by Gasteiger charge is 2.06. The lowest BCUT2D eigenvalue weighted by Crippen LogP contribution is -2.33. The Balaban J connectivity index is 3.46. The lowest BCUT2D eigenvalue weighted by molar-refractivity contribution is 0.240. The molecule has 0 saturated carbocycles. The topological polar surface area (TPSA) is 29.3 Å². The Morgan fingerprint density at radius 1 is 1.30 bits per heavy atom. The van der Waals surface area contributed by atoms with E-state index in [1.54, 1.807) is 0 Å². The van der Waals surface area contributed by atoms with Gasteiger partial charge in [0.1, 0.15) is 0 Å². The Hall–Kier alpha value is -0.0800. The SMILES string of the molecule is CC(C)N(C)C[C@@H](C)CN. The van der Waals surface area contributed by atoms with Crippen molar-refractivity contribution in [2.24, 2.45) is 11.7 Å². The maximum Gasteiger partial charge on any atom is 0.00356 e. The largest absolute Gasteiger partial charge is 0.330 e. The van der Waals surface area contributed by atoms with Gasteiger partial charge in [-0.1, -0.05) is 6.92 Å². The highest BCUT2D eigenvalue weighted by atomic mass is 15.1. The molecule has 0 rings (SSSR count). The minimum absolute atomic E-state index is 0.618. The van der Waals surface area contributed by atoms with E-state index in [-0.39, 0.29) is 0 Å².